The second-order valence-electron chi connectivity index (χ2n) is 6.27. The van der Waals surface area contributed by atoms with E-state index in [9.17, 15) is 18.0 Å². The van der Waals surface area contributed by atoms with Gasteiger partial charge in [-0.2, -0.15) is 4.31 Å². The molecule has 1 aliphatic heterocycles. The molecule has 0 radical (unpaired) electrons. The molecule has 1 aromatic carbocycles. The van der Waals surface area contributed by atoms with Crippen molar-refractivity contribution in [3.05, 3.63) is 29.8 Å². The van der Waals surface area contributed by atoms with Crippen LogP contribution in [0.5, 0.6) is 0 Å². The molecule has 1 saturated heterocycles. The van der Waals surface area contributed by atoms with Crippen molar-refractivity contribution in [3.63, 3.8) is 0 Å². The molecule has 0 aromatic heterocycles. The van der Waals surface area contributed by atoms with E-state index in [1.165, 1.54) is 35.5 Å². The van der Waals surface area contributed by atoms with Gasteiger partial charge < -0.3 is 10.2 Å². The SMILES string of the molecule is CNCC(C)C(=O)N1CCN(S(=O)(=O)c2ccc(C(C)=O)cc2)CC1. The van der Waals surface area contributed by atoms with Gasteiger partial charge in [0.05, 0.1) is 4.90 Å². The van der Waals surface area contributed by atoms with Crippen molar-refractivity contribution in [2.75, 3.05) is 39.8 Å². The molecule has 1 N–H and O–H groups in total. The van der Waals surface area contributed by atoms with Crippen LogP contribution in [0.25, 0.3) is 0 Å². The van der Waals surface area contributed by atoms with E-state index in [4.69, 9.17) is 0 Å². The summed E-state index contributed by atoms with van der Waals surface area (Å²) in [4.78, 5) is 25.5. The van der Waals surface area contributed by atoms with E-state index in [0.29, 0.717) is 25.2 Å². The molecule has 2 rings (SSSR count). The van der Waals surface area contributed by atoms with Crippen LogP contribution in [0.15, 0.2) is 29.2 Å². The molecule has 1 heterocycles. The molecule has 1 unspecified atom stereocenters. The highest BCUT2D eigenvalue weighted by Gasteiger charge is 2.31. The summed E-state index contributed by atoms with van der Waals surface area (Å²) in [6.45, 7) is 5.21. The van der Waals surface area contributed by atoms with Crippen molar-refractivity contribution >= 4 is 21.7 Å². The smallest absolute Gasteiger partial charge is 0.243 e. The number of nitrogens with one attached hydrogen (secondary N) is 1. The first-order chi connectivity index (χ1) is 11.8. The Morgan fingerprint density at radius 1 is 1.12 bits per heavy atom. The van der Waals surface area contributed by atoms with Crippen LogP contribution in [0.4, 0.5) is 0 Å². The highest BCUT2D eigenvalue weighted by molar-refractivity contribution is 7.89. The first-order valence-corrected chi connectivity index (χ1v) is 9.76. The molecular weight excluding hydrogens is 342 g/mol. The molecule has 0 saturated carbocycles. The largest absolute Gasteiger partial charge is 0.340 e. The van der Waals surface area contributed by atoms with Crippen LogP contribution in [0, 0.1) is 5.92 Å². The van der Waals surface area contributed by atoms with Crippen molar-refractivity contribution in [2.45, 2.75) is 18.7 Å². The highest BCUT2D eigenvalue weighted by atomic mass is 32.2. The molecular formula is C17H25N3O4S. The Labute approximate surface area is 149 Å². The van der Waals surface area contributed by atoms with Gasteiger partial charge in [-0.05, 0) is 26.1 Å². The Morgan fingerprint density at radius 3 is 2.16 bits per heavy atom. The topological polar surface area (TPSA) is 86.8 Å². The number of ketones is 1. The summed E-state index contributed by atoms with van der Waals surface area (Å²) in [7, 11) is -1.82. The minimum Gasteiger partial charge on any atom is -0.340 e. The second-order valence-corrected chi connectivity index (χ2v) is 8.21. The zero-order valence-corrected chi connectivity index (χ0v) is 15.7. The van der Waals surface area contributed by atoms with Gasteiger partial charge in [0.15, 0.2) is 5.78 Å². The summed E-state index contributed by atoms with van der Waals surface area (Å²) in [5.41, 5.74) is 0.480. The lowest BCUT2D eigenvalue weighted by atomic mass is 10.1. The number of Topliss-reactive ketones (excluding diaryl/α,β-unsaturated/α-hetero) is 1. The summed E-state index contributed by atoms with van der Waals surface area (Å²) in [5.74, 6) is -0.198. The average molecular weight is 367 g/mol. The van der Waals surface area contributed by atoms with E-state index < -0.39 is 10.0 Å². The van der Waals surface area contributed by atoms with Crippen LogP contribution in [0.3, 0.4) is 0 Å². The summed E-state index contributed by atoms with van der Waals surface area (Å²) < 4.78 is 26.8. The number of hydrogen-bond donors (Lipinski definition) is 1. The highest BCUT2D eigenvalue weighted by Crippen LogP contribution is 2.19. The second kappa shape index (κ2) is 8.07. The van der Waals surface area contributed by atoms with Gasteiger partial charge in [0, 0.05) is 44.2 Å². The lowest BCUT2D eigenvalue weighted by Gasteiger charge is -2.35. The Hall–Kier alpha value is -1.77. The van der Waals surface area contributed by atoms with Crippen LogP contribution in [0.2, 0.25) is 0 Å². The van der Waals surface area contributed by atoms with Crippen LogP contribution >= 0.6 is 0 Å². The molecule has 1 atom stereocenters. The minimum atomic E-state index is -3.61. The molecule has 1 aliphatic rings. The zero-order chi connectivity index (χ0) is 18.6. The third-order valence-corrected chi connectivity index (χ3v) is 6.29. The first-order valence-electron chi connectivity index (χ1n) is 8.32. The molecule has 8 heteroatoms. The van der Waals surface area contributed by atoms with Crippen molar-refractivity contribution in [2.24, 2.45) is 5.92 Å². The third-order valence-electron chi connectivity index (χ3n) is 4.38. The Morgan fingerprint density at radius 2 is 1.68 bits per heavy atom. The quantitative estimate of drug-likeness (QED) is 0.743. The predicted molar refractivity (Wildman–Crippen MR) is 94.9 cm³/mol. The molecule has 1 fully saturated rings. The van der Waals surface area contributed by atoms with Gasteiger partial charge in [-0.3, -0.25) is 9.59 Å². The fourth-order valence-corrected chi connectivity index (χ4v) is 4.29. The predicted octanol–water partition coefficient (Wildman–Crippen LogP) is 0.578. The number of carbonyl (C=O) groups is 2. The first kappa shape index (κ1) is 19.6. The molecule has 1 amide bonds. The Bertz CT molecular complexity index is 723. The summed E-state index contributed by atoms with van der Waals surface area (Å²) in [6.07, 6.45) is 0. The lowest BCUT2D eigenvalue weighted by Crippen LogP contribution is -2.52. The molecule has 1 aromatic rings. The molecule has 7 nitrogen and oxygen atoms in total. The van der Waals surface area contributed by atoms with E-state index in [1.807, 2.05) is 6.92 Å². The van der Waals surface area contributed by atoms with Crippen molar-refractivity contribution in [3.8, 4) is 0 Å². The van der Waals surface area contributed by atoms with Gasteiger partial charge in [-0.15, -0.1) is 0 Å². The fraction of sp³-hybridized carbons (Fsp3) is 0.529. The van der Waals surface area contributed by atoms with E-state index in [2.05, 4.69) is 5.32 Å². The van der Waals surface area contributed by atoms with Gasteiger partial charge in [0.25, 0.3) is 0 Å². The third kappa shape index (κ3) is 4.45. The molecule has 138 valence electrons. The summed E-state index contributed by atoms with van der Waals surface area (Å²) >= 11 is 0. The number of piperazine rings is 1. The number of sulfonamides is 1. The van der Waals surface area contributed by atoms with Crippen molar-refractivity contribution in [1.82, 2.24) is 14.5 Å². The number of carbonyl (C=O) groups excluding carboxylic acids is 2. The number of rotatable bonds is 6. The molecule has 0 bridgehead atoms. The Kier molecular flexibility index (Phi) is 6.31. The zero-order valence-electron chi connectivity index (χ0n) is 14.9. The summed E-state index contributed by atoms with van der Waals surface area (Å²) in [6, 6.07) is 5.96. The van der Waals surface area contributed by atoms with Crippen LogP contribution in [-0.2, 0) is 14.8 Å². The van der Waals surface area contributed by atoms with Crippen LogP contribution < -0.4 is 5.32 Å². The average Bonchev–Trinajstić information content (AvgIpc) is 2.61. The molecule has 0 spiro atoms. The number of amides is 1. The maximum Gasteiger partial charge on any atom is 0.243 e. The van der Waals surface area contributed by atoms with Crippen LogP contribution in [0.1, 0.15) is 24.2 Å². The Balaban J connectivity index is 2.03. The van der Waals surface area contributed by atoms with E-state index >= 15 is 0 Å². The minimum absolute atomic E-state index is 0.0391. The normalized spacial score (nSPS) is 17.3. The van der Waals surface area contributed by atoms with Gasteiger partial charge >= 0.3 is 0 Å². The van der Waals surface area contributed by atoms with E-state index in [1.54, 1.807) is 11.9 Å². The van der Waals surface area contributed by atoms with Gasteiger partial charge in [-0.1, -0.05) is 19.1 Å². The van der Waals surface area contributed by atoms with Gasteiger partial charge in [0.2, 0.25) is 15.9 Å². The van der Waals surface area contributed by atoms with Crippen LogP contribution in [-0.4, -0.2) is 69.1 Å². The molecule has 0 aliphatic carbocycles. The fourth-order valence-electron chi connectivity index (χ4n) is 2.86. The van der Waals surface area contributed by atoms with Gasteiger partial charge in [-0.25, -0.2) is 8.42 Å². The molecule has 25 heavy (non-hydrogen) atoms. The maximum absolute atomic E-state index is 12.7. The maximum atomic E-state index is 12.7. The van der Waals surface area contributed by atoms with Crippen molar-refractivity contribution in [1.29, 1.82) is 0 Å². The monoisotopic (exact) mass is 367 g/mol. The number of hydrogen-bond acceptors (Lipinski definition) is 5. The van der Waals surface area contributed by atoms with E-state index in [0.717, 1.165) is 0 Å². The van der Waals surface area contributed by atoms with E-state index in [-0.39, 0.29) is 35.6 Å². The standard InChI is InChI=1S/C17H25N3O4S/c1-13(12-18-3)17(22)19-8-10-20(11-9-19)25(23,24)16-6-4-15(5-7-16)14(2)21/h4-7,13,18H,8-12H2,1-3H3. The van der Waals surface area contributed by atoms with Crippen molar-refractivity contribution < 1.29 is 18.0 Å². The summed E-state index contributed by atoms with van der Waals surface area (Å²) in [5, 5.41) is 2.98. The lowest BCUT2D eigenvalue weighted by molar-refractivity contribution is -0.136. The van der Waals surface area contributed by atoms with Gasteiger partial charge in [0.1, 0.15) is 0 Å². The number of benzene rings is 1. The number of nitrogens with zero attached hydrogens (tertiary/aromatic N) is 2.